The van der Waals surface area contributed by atoms with Crippen molar-refractivity contribution in [1.29, 1.82) is 0 Å². The molecule has 0 bridgehead atoms. The van der Waals surface area contributed by atoms with Crippen LogP contribution in [0.15, 0.2) is 58.4 Å². The Hall–Kier alpha value is -2.06. The summed E-state index contributed by atoms with van der Waals surface area (Å²) in [6.45, 7) is 2.17. The second kappa shape index (κ2) is 10.6. The van der Waals surface area contributed by atoms with Gasteiger partial charge in [-0.3, -0.25) is 0 Å². The maximum atomic E-state index is 12.1. The van der Waals surface area contributed by atoms with E-state index in [-0.39, 0.29) is 47.1 Å². The molecule has 0 aliphatic rings. The number of ether oxygens (including phenoxy) is 1. The molecule has 0 saturated heterocycles. The molecule has 0 aliphatic heterocycles. The van der Waals surface area contributed by atoms with Crippen molar-refractivity contribution in [3.63, 3.8) is 0 Å². The number of hydrogen-bond acceptors (Lipinski definition) is 4. The van der Waals surface area contributed by atoms with Gasteiger partial charge in [0, 0.05) is 12.2 Å². The van der Waals surface area contributed by atoms with Crippen molar-refractivity contribution in [2.75, 3.05) is 11.9 Å². The second-order valence-electron chi connectivity index (χ2n) is 5.54. The summed E-state index contributed by atoms with van der Waals surface area (Å²) in [7, 11) is -3.52. The first-order valence-electron chi connectivity index (χ1n) is 8.10. The molecule has 2 aromatic rings. The van der Waals surface area contributed by atoms with E-state index in [2.05, 4.69) is 19.8 Å². The summed E-state index contributed by atoms with van der Waals surface area (Å²) in [5.41, 5.74) is 6.92. The number of sulfonamides is 1. The van der Waals surface area contributed by atoms with E-state index < -0.39 is 16.4 Å². The molecule has 0 aromatic heterocycles. The lowest BCUT2D eigenvalue weighted by molar-refractivity contribution is -0.274. The van der Waals surface area contributed by atoms with Crippen LogP contribution in [0.25, 0.3) is 0 Å². The molecule has 2 rings (SSSR count). The number of anilines is 1. The van der Waals surface area contributed by atoms with E-state index in [0.29, 0.717) is 12.2 Å². The van der Waals surface area contributed by atoms with Crippen LogP contribution < -0.4 is 20.5 Å². The molecule has 2 aromatic carbocycles. The summed E-state index contributed by atoms with van der Waals surface area (Å²) in [5, 5.41) is 2.74. The number of nitrogens with two attached hydrogens (primary N) is 1. The number of alkyl halides is 3. The summed E-state index contributed by atoms with van der Waals surface area (Å²) >= 11 is 0. The molecule has 0 spiro atoms. The third-order valence-corrected chi connectivity index (χ3v) is 4.92. The van der Waals surface area contributed by atoms with E-state index in [0.717, 1.165) is 17.7 Å². The SMILES string of the molecule is CCNS(=O)(=O)c1ccc(CN=C(N)Nc2ccc(OC(F)(F)F)cc2)cc1.I. The van der Waals surface area contributed by atoms with Crippen molar-refractivity contribution in [3.8, 4) is 5.75 Å². The lowest BCUT2D eigenvalue weighted by Gasteiger charge is -2.10. The van der Waals surface area contributed by atoms with E-state index in [1.54, 1.807) is 19.1 Å². The lowest BCUT2D eigenvalue weighted by Crippen LogP contribution is -2.23. The standard InChI is InChI=1S/C17H19F3N4O3S.HI/c1-2-23-28(25,26)15-9-3-12(4-10-15)11-22-16(21)24-13-5-7-14(8-6-13)27-17(18,19)20;/h3-10,23H,2,11H2,1H3,(H3,21,22,24);1H. The fraction of sp³-hybridized carbons (Fsp3) is 0.235. The minimum Gasteiger partial charge on any atom is -0.406 e. The van der Waals surface area contributed by atoms with Crippen molar-refractivity contribution in [3.05, 3.63) is 54.1 Å². The molecule has 0 radical (unpaired) electrons. The van der Waals surface area contributed by atoms with Crippen LogP contribution in [-0.4, -0.2) is 27.3 Å². The second-order valence-corrected chi connectivity index (χ2v) is 7.31. The number of hydrogen-bond donors (Lipinski definition) is 3. The van der Waals surface area contributed by atoms with Gasteiger partial charge in [0.2, 0.25) is 10.0 Å². The summed E-state index contributed by atoms with van der Waals surface area (Å²) in [4.78, 5) is 4.25. The van der Waals surface area contributed by atoms with Gasteiger partial charge in [0.1, 0.15) is 5.75 Å². The number of aliphatic imine (C=N–C) groups is 1. The smallest absolute Gasteiger partial charge is 0.406 e. The largest absolute Gasteiger partial charge is 0.573 e. The van der Waals surface area contributed by atoms with Crippen molar-refractivity contribution in [1.82, 2.24) is 4.72 Å². The van der Waals surface area contributed by atoms with Gasteiger partial charge in [-0.25, -0.2) is 18.1 Å². The first-order valence-corrected chi connectivity index (χ1v) is 9.59. The Balaban J connectivity index is 0.00000420. The van der Waals surface area contributed by atoms with Gasteiger partial charge < -0.3 is 15.8 Å². The van der Waals surface area contributed by atoms with Crippen LogP contribution in [-0.2, 0) is 16.6 Å². The molecule has 0 aliphatic carbocycles. The maximum absolute atomic E-state index is 12.1. The van der Waals surface area contributed by atoms with Crippen LogP contribution in [0.2, 0.25) is 0 Å². The van der Waals surface area contributed by atoms with Crippen LogP contribution in [0.1, 0.15) is 12.5 Å². The lowest BCUT2D eigenvalue weighted by atomic mass is 10.2. The molecule has 0 unspecified atom stereocenters. The first kappa shape index (κ1) is 25.0. The molecular formula is C17H20F3IN4O3S. The number of nitrogens with one attached hydrogen (secondary N) is 2. The Morgan fingerprint density at radius 2 is 1.69 bits per heavy atom. The van der Waals surface area contributed by atoms with Gasteiger partial charge in [-0.15, -0.1) is 37.1 Å². The summed E-state index contributed by atoms with van der Waals surface area (Å²) in [6.07, 6.45) is -4.75. The Kier molecular flexibility index (Phi) is 9.16. The van der Waals surface area contributed by atoms with Crippen LogP contribution in [0, 0.1) is 0 Å². The Morgan fingerprint density at radius 3 is 2.21 bits per heavy atom. The molecule has 0 atom stereocenters. The third-order valence-electron chi connectivity index (χ3n) is 3.36. The highest BCUT2D eigenvalue weighted by Crippen LogP contribution is 2.23. The number of benzene rings is 2. The van der Waals surface area contributed by atoms with E-state index in [1.807, 2.05) is 0 Å². The molecule has 0 amide bonds. The Morgan fingerprint density at radius 1 is 1.10 bits per heavy atom. The number of rotatable bonds is 7. The normalized spacial score (nSPS) is 12.2. The zero-order chi connectivity index (χ0) is 20.8. The fourth-order valence-corrected chi connectivity index (χ4v) is 3.19. The zero-order valence-corrected chi connectivity index (χ0v) is 18.4. The predicted octanol–water partition coefficient (Wildman–Crippen LogP) is 3.43. The minimum atomic E-state index is -4.75. The first-order chi connectivity index (χ1) is 13.1. The molecule has 0 saturated carbocycles. The van der Waals surface area contributed by atoms with Crippen LogP contribution in [0.5, 0.6) is 5.75 Å². The van der Waals surface area contributed by atoms with Crippen molar-refractivity contribution in [2.24, 2.45) is 10.7 Å². The van der Waals surface area contributed by atoms with Crippen molar-refractivity contribution in [2.45, 2.75) is 24.7 Å². The van der Waals surface area contributed by atoms with E-state index >= 15 is 0 Å². The average molecular weight is 544 g/mol. The summed E-state index contributed by atoms with van der Waals surface area (Å²) in [5.74, 6) is -0.296. The van der Waals surface area contributed by atoms with Gasteiger partial charge in [-0.2, -0.15) is 0 Å². The number of halogens is 4. The fourth-order valence-electron chi connectivity index (χ4n) is 2.15. The summed E-state index contributed by atoms with van der Waals surface area (Å²) < 4.78 is 66.3. The predicted molar refractivity (Wildman–Crippen MR) is 115 cm³/mol. The van der Waals surface area contributed by atoms with Gasteiger partial charge in [0.15, 0.2) is 5.96 Å². The van der Waals surface area contributed by atoms with E-state index in [4.69, 9.17) is 5.73 Å². The molecule has 0 fully saturated rings. The van der Waals surface area contributed by atoms with E-state index in [9.17, 15) is 21.6 Å². The maximum Gasteiger partial charge on any atom is 0.573 e. The third kappa shape index (κ3) is 8.45. The highest BCUT2D eigenvalue weighted by Gasteiger charge is 2.30. The number of nitrogens with zero attached hydrogens (tertiary/aromatic N) is 1. The Bertz CT molecular complexity index is 918. The molecule has 0 heterocycles. The molecular weight excluding hydrogens is 524 g/mol. The molecule has 160 valence electrons. The summed E-state index contributed by atoms with van der Waals surface area (Å²) in [6, 6.07) is 11.2. The van der Waals surface area contributed by atoms with Crippen LogP contribution in [0.4, 0.5) is 18.9 Å². The monoisotopic (exact) mass is 544 g/mol. The van der Waals surface area contributed by atoms with Crippen molar-refractivity contribution < 1.29 is 26.3 Å². The molecule has 29 heavy (non-hydrogen) atoms. The zero-order valence-electron chi connectivity index (χ0n) is 15.2. The van der Waals surface area contributed by atoms with Crippen LogP contribution in [0.3, 0.4) is 0 Å². The average Bonchev–Trinajstić information content (AvgIpc) is 2.61. The van der Waals surface area contributed by atoms with Gasteiger partial charge >= 0.3 is 6.36 Å². The quantitative estimate of drug-likeness (QED) is 0.282. The van der Waals surface area contributed by atoms with Gasteiger partial charge in [0.05, 0.1) is 11.4 Å². The number of guanidine groups is 1. The van der Waals surface area contributed by atoms with Gasteiger partial charge in [-0.1, -0.05) is 19.1 Å². The molecule has 7 nitrogen and oxygen atoms in total. The topological polar surface area (TPSA) is 106 Å². The highest BCUT2D eigenvalue weighted by atomic mass is 127. The van der Waals surface area contributed by atoms with Crippen molar-refractivity contribution >= 4 is 45.6 Å². The van der Waals surface area contributed by atoms with Gasteiger partial charge in [-0.05, 0) is 42.0 Å². The van der Waals surface area contributed by atoms with Gasteiger partial charge in [0.25, 0.3) is 0 Å². The molecule has 12 heteroatoms. The molecule has 4 N–H and O–H groups in total. The minimum absolute atomic E-state index is 0. The highest BCUT2D eigenvalue weighted by molar-refractivity contribution is 14.0. The Labute approximate surface area is 183 Å². The van der Waals surface area contributed by atoms with Crippen LogP contribution >= 0.6 is 24.0 Å². The van der Waals surface area contributed by atoms with E-state index in [1.165, 1.54) is 24.3 Å².